The van der Waals surface area contributed by atoms with Crippen LogP contribution in [-0.2, 0) is 10.0 Å². The normalized spacial score (nSPS) is 11.4. The van der Waals surface area contributed by atoms with Crippen LogP contribution in [0.3, 0.4) is 0 Å². The number of halogens is 1. The lowest BCUT2D eigenvalue weighted by Crippen LogP contribution is -2.22. The number of methoxy groups -OCH3 is 2. The molecule has 0 spiro atoms. The Morgan fingerprint density at radius 1 is 0.970 bits per heavy atom. The van der Waals surface area contributed by atoms with E-state index in [9.17, 15) is 17.6 Å². The van der Waals surface area contributed by atoms with Gasteiger partial charge < -0.3 is 9.47 Å². The zero-order chi connectivity index (χ0) is 23.8. The standard InChI is InChI=1S/C23H20FN3O5S/c1-14-25-18-7-5-4-6-17(18)23(28)27(14)16-9-10-19(21(13-16)32-3)26-33(29,30)22-12-15(24)8-11-20(22)31-2/h4-13,26H,1-3H3. The third kappa shape index (κ3) is 4.12. The van der Waals surface area contributed by atoms with Crippen molar-refractivity contribution in [3.05, 3.63) is 82.7 Å². The molecular formula is C23H20FN3O5S. The summed E-state index contributed by atoms with van der Waals surface area (Å²) in [5, 5.41) is 0.449. The first-order chi connectivity index (χ1) is 15.7. The van der Waals surface area contributed by atoms with Crippen molar-refractivity contribution in [2.75, 3.05) is 18.9 Å². The molecule has 0 fully saturated rings. The van der Waals surface area contributed by atoms with Gasteiger partial charge in [-0.3, -0.25) is 14.1 Å². The average molecular weight is 469 g/mol. The van der Waals surface area contributed by atoms with Gasteiger partial charge in [0.15, 0.2) is 0 Å². The van der Waals surface area contributed by atoms with Gasteiger partial charge in [-0.2, -0.15) is 0 Å². The van der Waals surface area contributed by atoms with Crippen molar-refractivity contribution in [1.29, 1.82) is 0 Å². The molecule has 0 unspecified atom stereocenters. The van der Waals surface area contributed by atoms with Crippen LogP contribution in [0.1, 0.15) is 5.82 Å². The highest BCUT2D eigenvalue weighted by atomic mass is 32.2. The molecule has 0 amide bonds. The van der Waals surface area contributed by atoms with Crippen LogP contribution in [0.5, 0.6) is 11.5 Å². The number of ether oxygens (including phenoxy) is 2. The molecule has 0 atom stereocenters. The zero-order valence-corrected chi connectivity index (χ0v) is 18.8. The number of hydrogen-bond donors (Lipinski definition) is 1. The topological polar surface area (TPSA) is 99.5 Å². The highest BCUT2D eigenvalue weighted by Gasteiger charge is 2.22. The summed E-state index contributed by atoms with van der Waals surface area (Å²) >= 11 is 0. The van der Waals surface area contributed by atoms with E-state index in [1.54, 1.807) is 37.3 Å². The Kier molecular flexibility index (Phi) is 5.77. The van der Waals surface area contributed by atoms with E-state index >= 15 is 0 Å². The molecule has 33 heavy (non-hydrogen) atoms. The van der Waals surface area contributed by atoms with Crippen LogP contribution in [0.2, 0.25) is 0 Å². The Labute approximate surface area is 189 Å². The number of benzene rings is 3. The van der Waals surface area contributed by atoms with Crippen molar-refractivity contribution in [3.8, 4) is 17.2 Å². The number of nitrogens with zero attached hydrogens (tertiary/aromatic N) is 2. The minimum Gasteiger partial charge on any atom is -0.495 e. The van der Waals surface area contributed by atoms with Crippen LogP contribution in [0, 0.1) is 12.7 Å². The van der Waals surface area contributed by atoms with Crippen LogP contribution in [0.25, 0.3) is 16.6 Å². The van der Waals surface area contributed by atoms with Crippen molar-refractivity contribution in [3.63, 3.8) is 0 Å². The molecule has 8 nitrogen and oxygen atoms in total. The van der Waals surface area contributed by atoms with Gasteiger partial charge in [0.25, 0.3) is 15.6 Å². The van der Waals surface area contributed by atoms with Crippen LogP contribution in [-0.4, -0.2) is 32.2 Å². The predicted octanol–water partition coefficient (Wildman–Crippen LogP) is 3.65. The highest BCUT2D eigenvalue weighted by molar-refractivity contribution is 7.92. The Bertz CT molecular complexity index is 1530. The van der Waals surface area contributed by atoms with Crippen molar-refractivity contribution in [2.45, 2.75) is 11.8 Å². The number of aryl methyl sites for hydroxylation is 1. The Hall–Kier alpha value is -3.92. The zero-order valence-electron chi connectivity index (χ0n) is 18.0. The Balaban J connectivity index is 1.79. The summed E-state index contributed by atoms with van der Waals surface area (Å²) in [6, 6.07) is 14.7. The molecule has 4 aromatic rings. The quantitative estimate of drug-likeness (QED) is 0.463. The summed E-state index contributed by atoms with van der Waals surface area (Å²) in [6.45, 7) is 1.70. The molecular weight excluding hydrogens is 449 g/mol. The molecule has 0 radical (unpaired) electrons. The lowest BCUT2D eigenvalue weighted by Gasteiger charge is -2.16. The van der Waals surface area contributed by atoms with E-state index in [-0.39, 0.29) is 27.6 Å². The van der Waals surface area contributed by atoms with E-state index in [0.717, 1.165) is 12.1 Å². The van der Waals surface area contributed by atoms with Gasteiger partial charge in [0.2, 0.25) is 0 Å². The van der Waals surface area contributed by atoms with E-state index in [2.05, 4.69) is 9.71 Å². The second kappa shape index (κ2) is 8.55. The van der Waals surface area contributed by atoms with Crippen molar-refractivity contribution in [1.82, 2.24) is 9.55 Å². The highest BCUT2D eigenvalue weighted by Crippen LogP contribution is 2.32. The summed E-state index contributed by atoms with van der Waals surface area (Å²) in [6.07, 6.45) is 0. The number of nitrogens with one attached hydrogen (secondary N) is 1. The Morgan fingerprint density at radius 3 is 2.42 bits per heavy atom. The summed E-state index contributed by atoms with van der Waals surface area (Å²) in [4.78, 5) is 17.2. The summed E-state index contributed by atoms with van der Waals surface area (Å²) in [5.41, 5.74) is 0.862. The molecule has 10 heteroatoms. The third-order valence-electron chi connectivity index (χ3n) is 5.05. The molecule has 0 saturated heterocycles. The maximum Gasteiger partial charge on any atom is 0.265 e. The minimum atomic E-state index is -4.21. The molecule has 3 aromatic carbocycles. The number of sulfonamides is 1. The minimum absolute atomic E-state index is 0.0103. The van der Waals surface area contributed by atoms with E-state index in [0.29, 0.717) is 22.4 Å². The van der Waals surface area contributed by atoms with Gasteiger partial charge >= 0.3 is 0 Å². The number of aromatic nitrogens is 2. The van der Waals surface area contributed by atoms with E-state index in [1.165, 1.54) is 37.0 Å². The molecule has 170 valence electrons. The molecule has 1 aromatic heterocycles. The maximum absolute atomic E-state index is 13.7. The maximum atomic E-state index is 13.7. The monoisotopic (exact) mass is 469 g/mol. The van der Waals surface area contributed by atoms with E-state index in [1.807, 2.05) is 0 Å². The number of hydrogen-bond acceptors (Lipinski definition) is 6. The lowest BCUT2D eigenvalue weighted by atomic mass is 10.2. The molecule has 0 aliphatic carbocycles. The predicted molar refractivity (Wildman–Crippen MR) is 122 cm³/mol. The molecule has 1 heterocycles. The first-order valence-corrected chi connectivity index (χ1v) is 11.3. The van der Waals surface area contributed by atoms with Crippen molar-refractivity contribution >= 4 is 26.6 Å². The van der Waals surface area contributed by atoms with Gasteiger partial charge in [-0.1, -0.05) is 12.1 Å². The van der Waals surface area contributed by atoms with Gasteiger partial charge in [-0.25, -0.2) is 17.8 Å². The summed E-state index contributed by atoms with van der Waals surface area (Å²) in [5.74, 6) is -0.120. The third-order valence-corrected chi connectivity index (χ3v) is 6.43. The van der Waals surface area contributed by atoms with Crippen molar-refractivity contribution < 1.29 is 22.3 Å². The van der Waals surface area contributed by atoms with Crippen LogP contribution in [0.4, 0.5) is 10.1 Å². The SMILES string of the molecule is COc1cc(-n2c(C)nc3ccccc3c2=O)ccc1NS(=O)(=O)c1cc(F)ccc1OC. The van der Waals surface area contributed by atoms with Crippen molar-refractivity contribution in [2.24, 2.45) is 0 Å². The molecule has 0 aliphatic heterocycles. The van der Waals surface area contributed by atoms with Crippen LogP contribution < -0.4 is 19.8 Å². The van der Waals surface area contributed by atoms with E-state index in [4.69, 9.17) is 9.47 Å². The Morgan fingerprint density at radius 2 is 1.70 bits per heavy atom. The fourth-order valence-electron chi connectivity index (χ4n) is 3.51. The summed E-state index contributed by atoms with van der Waals surface area (Å²) in [7, 11) is -1.55. The van der Waals surface area contributed by atoms with Gasteiger partial charge in [0, 0.05) is 6.07 Å². The first-order valence-electron chi connectivity index (χ1n) is 9.78. The number of fused-ring (bicyclic) bond motifs is 1. The largest absolute Gasteiger partial charge is 0.495 e. The number of para-hydroxylation sites is 1. The smallest absolute Gasteiger partial charge is 0.265 e. The van der Waals surface area contributed by atoms with E-state index < -0.39 is 15.8 Å². The lowest BCUT2D eigenvalue weighted by molar-refractivity contribution is 0.401. The average Bonchev–Trinajstić information content (AvgIpc) is 2.79. The first kappa shape index (κ1) is 22.3. The second-order valence-corrected chi connectivity index (χ2v) is 8.75. The molecule has 1 N–H and O–H groups in total. The second-order valence-electron chi connectivity index (χ2n) is 7.10. The van der Waals surface area contributed by atoms with Gasteiger partial charge in [-0.05, 0) is 49.4 Å². The molecule has 4 rings (SSSR count). The van der Waals surface area contributed by atoms with Gasteiger partial charge in [0.05, 0.1) is 36.5 Å². The fraction of sp³-hybridized carbons (Fsp3) is 0.130. The summed E-state index contributed by atoms with van der Waals surface area (Å²) < 4.78 is 53.8. The van der Waals surface area contributed by atoms with Gasteiger partial charge in [-0.15, -0.1) is 0 Å². The fourth-order valence-corrected chi connectivity index (χ4v) is 4.76. The number of rotatable bonds is 6. The van der Waals surface area contributed by atoms with Crippen LogP contribution >= 0.6 is 0 Å². The van der Waals surface area contributed by atoms with Gasteiger partial charge in [0.1, 0.15) is 28.0 Å². The van der Waals surface area contributed by atoms with Crippen LogP contribution in [0.15, 0.2) is 70.4 Å². The molecule has 0 saturated carbocycles. The molecule has 0 aliphatic rings. The molecule has 0 bridgehead atoms. The number of anilines is 1.